The minimum atomic E-state index is -0.272. The SMILES string of the molecule is CC(C(=O)N1CCC(C)(CO)CC1)c1cc2ccccc2o1. The first-order chi connectivity index (χ1) is 10.5. The molecule has 1 aliphatic heterocycles. The highest BCUT2D eigenvalue weighted by Gasteiger charge is 2.33. The summed E-state index contributed by atoms with van der Waals surface area (Å²) in [6, 6.07) is 9.77. The average Bonchev–Trinajstić information content (AvgIpc) is 2.98. The molecule has 0 saturated carbocycles. The number of carbonyl (C=O) groups excluding carboxylic acids is 1. The summed E-state index contributed by atoms with van der Waals surface area (Å²) in [5, 5.41) is 10.5. The second-order valence-corrected chi connectivity index (χ2v) is 6.70. The third-order valence-corrected chi connectivity index (χ3v) is 4.91. The Balaban J connectivity index is 1.72. The molecule has 1 aliphatic rings. The topological polar surface area (TPSA) is 53.7 Å². The lowest BCUT2D eigenvalue weighted by molar-refractivity contribution is -0.135. The Kier molecular flexibility index (Phi) is 3.96. The molecule has 22 heavy (non-hydrogen) atoms. The predicted octanol–water partition coefficient (Wildman–Crippen LogP) is 3.16. The van der Waals surface area contributed by atoms with Crippen LogP contribution in [0.1, 0.15) is 38.4 Å². The smallest absolute Gasteiger partial charge is 0.233 e. The van der Waals surface area contributed by atoms with E-state index < -0.39 is 0 Å². The van der Waals surface area contributed by atoms with Crippen molar-refractivity contribution >= 4 is 16.9 Å². The summed E-state index contributed by atoms with van der Waals surface area (Å²) in [4.78, 5) is 14.6. The van der Waals surface area contributed by atoms with Crippen molar-refractivity contribution in [1.82, 2.24) is 4.90 Å². The van der Waals surface area contributed by atoms with Crippen LogP contribution in [0.15, 0.2) is 34.7 Å². The van der Waals surface area contributed by atoms with E-state index in [1.807, 2.05) is 42.2 Å². The van der Waals surface area contributed by atoms with Crippen LogP contribution in [0, 0.1) is 5.41 Å². The van der Waals surface area contributed by atoms with E-state index in [2.05, 4.69) is 6.92 Å². The molecule has 1 N–H and O–H groups in total. The maximum absolute atomic E-state index is 12.7. The largest absolute Gasteiger partial charge is 0.460 e. The van der Waals surface area contributed by atoms with Gasteiger partial charge in [0.1, 0.15) is 11.3 Å². The lowest BCUT2D eigenvalue weighted by atomic mass is 9.81. The summed E-state index contributed by atoms with van der Waals surface area (Å²) in [5.41, 5.74) is 0.781. The van der Waals surface area contributed by atoms with E-state index >= 15 is 0 Å². The van der Waals surface area contributed by atoms with Crippen molar-refractivity contribution in [2.45, 2.75) is 32.6 Å². The number of rotatable bonds is 3. The highest BCUT2D eigenvalue weighted by Crippen LogP contribution is 2.32. The number of piperidine rings is 1. The lowest BCUT2D eigenvalue weighted by Crippen LogP contribution is -2.44. The van der Waals surface area contributed by atoms with E-state index in [-0.39, 0.29) is 23.8 Å². The van der Waals surface area contributed by atoms with Crippen LogP contribution < -0.4 is 0 Å². The molecule has 0 spiro atoms. The number of aliphatic hydroxyl groups excluding tert-OH is 1. The Labute approximate surface area is 130 Å². The molecule has 3 rings (SSSR count). The standard InChI is InChI=1S/C18H23NO3/c1-13(16-11-14-5-3-4-6-15(14)22-16)17(21)19-9-7-18(2,12-20)8-10-19/h3-6,11,13,20H,7-10,12H2,1-2H3. The van der Waals surface area contributed by atoms with Gasteiger partial charge < -0.3 is 14.4 Å². The molecule has 1 saturated heterocycles. The summed E-state index contributed by atoms with van der Waals surface area (Å²) in [6.07, 6.45) is 1.70. The van der Waals surface area contributed by atoms with Gasteiger partial charge in [-0.2, -0.15) is 0 Å². The molecule has 118 valence electrons. The van der Waals surface area contributed by atoms with Crippen molar-refractivity contribution in [3.63, 3.8) is 0 Å². The number of hydrogen-bond donors (Lipinski definition) is 1. The van der Waals surface area contributed by atoms with Crippen LogP contribution in [-0.2, 0) is 4.79 Å². The molecule has 0 bridgehead atoms. The molecule has 1 atom stereocenters. The van der Waals surface area contributed by atoms with Gasteiger partial charge in [-0.25, -0.2) is 0 Å². The normalized spacial score (nSPS) is 19.3. The third kappa shape index (κ3) is 2.75. The van der Waals surface area contributed by atoms with Crippen molar-refractivity contribution < 1.29 is 14.3 Å². The number of fused-ring (bicyclic) bond motifs is 1. The van der Waals surface area contributed by atoms with Gasteiger partial charge in [0.15, 0.2) is 0 Å². The van der Waals surface area contributed by atoms with Gasteiger partial charge in [0.2, 0.25) is 5.91 Å². The quantitative estimate of drug-likeness (QED) is 0.947. The van der Waals surface area contributed by atoms with E-state index in [1.165, 1.54) is 0 Å². The highest BCUT2D eigenvalue weighted by molar-refractivity contribution is 5.85. The van der Waals surface area contributed by atoms with Gasteiger partial charge in [0, 0.05) is 25.1 Å². The monoisotopic (exact) mass is 301 g/mol. The minimum Gasteiger partial charge on any atom is -0.460 e. The van der Waals surface area contributed by atoms with Gasteiger partial charge in [-0.3, -0.25) is 4.79 Å². The van der Waals surface area contributed by atoms with Gasteiger partial charge in [0.25, 0.3) is 0 Å². The zero-order valence-electron chi connectivity index (χ0n) is 13.2. The number of carbonyl (C=O) groups is 1. The Bertz CT molecular complexity index is 635. The van der Waals surface area contributed by atoms with Gasteiger partial charge in [-0.05, 0) is 37.3 Å². The molecule has 0 radical (unpaired) electrons. The summed E-state index contributed by atoms with van der Waals surface area (Å²) in [6.45, 7) is 5.59. The van der Waals surface area contributed by atoms with Crippen LogP contribution in [0.25, 0.3) is 11.0 Å². The minimum absolute atomic E-state index is 0.0423. The predicted molar refractivity (Wildman–Crippen MR) is 85.6 cm³/mol. The maximum atomic E-state index is 12.7. The van der Waals surface area contributed by atoms with Crippen LogP contribution in [0.3, 0.4) is 0 Å². The molecule has 1 unspecified atom stereocenters. The Morgan fingerprint density at radius 1 is 1.36 bits per heavy atom. The molecule has 2 aromatic rings. The van der Waals surface area contributed by atoms with Crippen molar-refractivity contribution in [3.05, 3.63) is 36.1 Å². The van der Waals surface area contributed by atoms with Gasteiger partial charge in [0.05, 0.1) is 5.92 Å². The molecule has 2 heterocycles. The first-order valence-electron chi connectivity index (χ1n) is 7.90. The summed E-state index contributed by atoms with van der Waals surface area (Å²) in [5.74, 6) is 0.562. The molecule has 4 heteroatoms. The molecule has 0 aliphatic carbocycles. The van der Waals surface area contributed by atoms with E-state index in [9.17, 15) is 9.90 Å². The zero-order valence-corrected chi connectivity index (χ0v) is 13.2. The number of aliphatic hydroxyl groups is 1. The fourth-order valence-corrected chi connectivity index (χ4v) is 3.04. The van der Waals surface area contributed by atoms with Crippen molar-refractivity contribution in [3.8, 4) is 0 Å². The van der Waals surface area contributed by atoms with E-state index in [0.717, 1.165) is 29.6 Å². The maximum Gasteiger partial charge on any atom is 0.233 e. The Morgan fingerprint density at radius 3 is 2.68 bits per heavy atom. The molecule has 4 nitrogen and oxygen atoms in total. The van der Waals surface area contributed by atoms with Gasteiger partial charge in [-0.1, -0.05) is 25.1 Å². The molecule has 1 fully saturated rings. The number of likely N-dealkylation sites (tertiary alicyclic amines) is 1. The zero-order chi connectivity index (χ0) is 15.7. The number of nitrogens with zero attached hydrogens (tertiary/aromatic N) is 1. The van der Waals surface area contributed by atoms with E-state index in [4.69, 9.17) is 4.42 Å². The van der Waals surface area contributed by atoms with Crippen LogP contribution in [0.4, 0.5) is 0 Å². The van der Waals surface area contributed by atoms with Crippen molar-refractivity contribution in [2.75, 3.05) is 19.7 Å². The molecule has 1 amide bonds. The second-order valence-electron chi connectivity index (χ2n) is 6.70. The van der Waals surface area contributed by atoms with Crippen LogP contribution in [0.2, 0.25) is 0 Å². The molecular formula is C18H23NO3. The average molecular weight is 301 g/mol. The summed E-state index contributed by atoms with van der Waals surface area (Å²) >= 11 is 0. The van der Waals surface area contributed by atoms with Crippen molar-refractivity contribution in [2.24, 2.45) is 5.41 Å². The molecule has 1 aromatic carbocycles. The van der Waals surface area contributed by atoms with E-state index in [0.29, 0.717) is 13.1 Å². The number of hydrogen-bond acceptors (Lipinski definition) is 3. The number of furan rings is 1. The fourth-order valence-electron chi connectivity index (χ4n) is 3.04. The van der Waals surface area contributed by atoms with Crippen LogP contribution >= 0.6 is 0 Å². The molecular weight excluding hydrogens is 278 g/mol. The summed E-state index contributed by atoms with van der Waals surface area (Å²) < 4.78 is 5.82. The van der Waals surface area contributed by atoms with Crippen LogP contribution in [0.5, 0.6) is 0 Å². The third-order valence-electron chi connectivity index (χ3n) is 4.91. The van der Waals surface area contributed by atoms with Gasteiger partial charge in [-0.15, -0.1) is 0 Å². The number of benzene rings is 1. The van der Waals surface area contributed by atoms with Crippen LogP contribution in [-0.4, -0.2) is 35.6 Å². The van der Waals surface area contributed by atoms with E-state index in [1.54, 1.807) is 0 Å². The first kappa shape index (κ1) is 15.1. The fraction of sp³-hybridized carbons (Fsp3) is 0.500. The Hall–Kier alpha value is -1.81. The lowest BCUT2D eigenvalue weighted by Gasteiger charge is -2.38. The molecule has 1 aromatic heterocycles. The summed E-state index contributed by atoms with van der Waals surface area (Å²) in [7, 11) is 0. The Morgan fingerprint density at radius 2 is 2.05 bits per heavy atom. The number of para-hydroxylation sites is 1. The van der Waals surface area contributed by atoms with Crippen molar-refractivity contribution in [1.29, 1.82) is 0 Å². The van der Waals surface area contributed by atoms with Gasteiger partial charge >= 0.3 is 0 Å². The second kappa shape index (κ2) is 5.76. The number of amides is 1. The highest BCUT2D eigenvalue weighted by atomic mass is 16.3. The first-order valence-corrected chi connectivity index (χ1v) is 7.90.